The fraction of sp³-hybridized carbons (Fsp3) is 0.250. The molecule has 1 N–H and O–H groups in total. The first-order valence-corrected chi connectivity index (χ1v) is 8.55. The maximum atomic E-state index is 13.8. The average Bonchev–Trinajstić information content (AvgIpc) is 2.45. The topological polar surface area (TPSA) is 46.2 Å². The minimum atomic E-state index is -3.34. The Hall–Kier alpha value is -1.88. The second-order valence-electron chi connectivity index (χ2n) is 5.11. The Balaban J connectivity index is 2.13. The minimum absolute atomic E-state index is 0.110. The lowest BCUT2D eigenvalue weighted by atomic mass is 10.0. The first-order valence-electron chi connectivity index (χ1n) is 6.66. The second-order valence-corrected chi connectivity index (χ2v) is 7.12. The van der Waals surface area contributed by atoms with Crippen molar-refractivity contribution in [3.63, 3.8) is 0 Å². The lowest BCUT2D eigenvalue weighted by Crippen LogP contribution is -2.11. The number of hydrogen-bond acceptors (Lipinski definition) is 3. The molecule has 0 aliphatic rings. The summed E-state index contributed by atoms with van der Waals surface area (Å²) in [5.41, 5.74) is 1.35. The molecule has 3 nitrogen and oxygen atoms in total. The van der Waals surface area contributed by atoms with Crippen LogP contribution in [0.2, 0.25) is 0 Å². The van der Waals surface area contributed by atoms with E-state index in [1.54, 1.807) is 0 Å². The molecule has 0 radical (unpaired) electrons. The molecule has 0 aromatic heterocycles. The van der Waals surface area contributed by atoms with Gasteiger partial charge < -0.3 is 5.32 Å². The van der Waals surface area contributed by atoms with Crippen molar-refractivity contribution in [3.05, 3.63) is 59.9 Å². The number of hydrogen-bond donors (Lipinski definition) is 1. The van der Waals surface area contributed by atoms with Gasteiger partial charge in [0, 0.05) is 12.8 Å². The molecule has 2 aromatic rings. The number of sulfone groups is 1. The SMILES string of the molecule is CC(CNc1cc(S(C)(=O)=O)ccc1F)c1ccccc1. The van der Waals surface area contributed by atoms with Crippen molar-refractivity contribution in [3.8, 4) is 0 Å². The Morgan fingerprint density at radius 3 is 2.43 bits per heavy atom. The molecule has 0 bridgehead atoms. The molecule has 5 heteroatoms. The highest BCUT2D eigenvalue weighted by molar-refractivity contribution is 7.90. The van der Waals surface area contributed by atoms with E-state index >= 15 is 0 Å². The lowest BCUT2D eigenvalue weighted by molar-refractivity contribution is 0.600. The van der Waals surface area contributed by atoms with Gasteiger partial charge >= 0.3 is 0 Å². The van der Waals surface area contributed by atoms with Crippen molar-refractivity contribution in [1.82, 2.24) is 0 Å². The molecular weight excluding hydrogens is 289 g/mol. The van der Waals surface area contributed by atoms with Crippen LogP contribution in [0.1, 0.15) is 18.4 Å². The van der Waals surface area contributed by atoms with Crippen molar-refractivity contribution in [1.29, 1.82) is 0 Å². The quantitative estimate of drug-likeness (QED) is 0.861. The van der Waals surface area contributed by atoms with E-state index in [9.17, 15) is 12.8 Å². The third kappa shape index (κ3) is 4.04. The molecule has 1 unspecified atom stereocenters. The van der Waals surface area contributed by atoms with Crippen LogP contribution in [0.15, 0.2) is 53.4 Å². The van der Waals surface area contributed by atoms with Crippen LogP contribution < -0.4 is 5.32 Å². The first-order chi connectivity index (χ1) is 9.88. The Labute approximate surface area is 124 Å². The summed E-state index contributed by atoms with van der Waals surface area (Å²) in [7, 11) is -3.34. The monoisotopic (exact) mass is 307 g/mol. The molecular formula is C16H18FNO2S. The summed E-state index contributed by atoms with van der Waals surface area (Å²) in [6, 6.07) is 13.7. The molecule has 0 fully saturated rings. The summed E-state index contributed by atoms with van der Waals surface area (Å²) in [4.78, 5) is 0.110. The van der Waals surface area contributed by atoms with Gasteiger partial charge in [-0.1, -0.05) is 37.3 Å². The van der Waals surface area contributed by atoms with Crippen LogP contribution in [0.3, 0.4) is 0 Å². The zero-order valence-electron chi connectivity index (χ0n) is 12.0. The smallest absolute Gasteiger partial charge is 0.175 e. The van der Waals surface area contributed by atoms with Gasteiger partial charge in [0.05, 0.1) is 10.6 Å². The Morgan fingerprint density at radius 1 is 1.14 bits per heavy atom. The average molecular weight is 307 g/mol. The van der Waals surface area contributed by atoms with Gasteiger partial charge in [-0.15, -0.1) is 0 Å². The maximum absolute atomic E-state index is 13.8. The van der Waals surface area contributed by atoms with E-state index in [1.807, 2.05) is 37.3 Å². The first kappa shape index (κ1) is 15.5. The van der Waals surface area contributed by atoms with Crippen LogP contribution in [-0.4, -0.2) is 21.2 Å². The predicted molar refractivity (Wildman–Crippen MR) is 82.9 cm³/mol. The number of benzene rings is 2. The maximum Gasteiger partial charge on any atom is 0.175 e. The molecule has 2 aromatic carbocycles. The second kappa shape index (κ2) is 6.26. The number of halogens is 1. The van der Waals surface area contributed by atoms with E-state index in [1.165, 1.54) is 18.2 Å². The van der Waals surface area contributed by atoms with Crippen LogP contribution in [-0.2, 0) is 9.84 Å². The van der Waals surface area contributed by atoms with E-state index in [4.69, 9.17) is 0 Å². The van der Waals surface area contributed by atoms with Crippen molar-refractivity contribution < 1.29 is 12.8 Å². The Bertz CT molecular complexity index is 714. The highest BCUT2D eigenvalue weighted by atomic mass is 32.2. The molecule has 0 aliphatic heterocycles. The lowest BCUT2D eigenvalue weighted by Gasteiger charge is -2.15. The van der Waals surface area contributed by atoms with Gasteiger partial charge in [-0.05, 0) is 29.7 Å². The zero-order valence-corrected chi connectivity index (χ0v) is 12.8. The summed E-state index contributed by atoms with van der Waals surface area (Å²) >= 11 is 0. The van der Waals surface area contributed by atoms with Crippen LogP contribution >= 0.6 is 0 Å². The van der Waals surface area contributed by atoms with Crippen molar-refractivity contribution >= 4 is 15.5 Å². The molecule has 2 rings (SSSR count). The third-order valence-corrected chi connectivity index (χ3v) is 4.44. The van der Waals surface area contributed by atoms with Crippen molar-refractivity contribution in [2.45, 2.75) is 17.7 Å². The molecule has 112 valence electrons. The highest BCUT2D eigenvalue weighted by Gasteiger charge is 2.12. The molecule has 0 saturated carbocycles. The van der Waals surface area contributed by atoms with E-state index < -0.39 is 15.7 Å². The molecule has 1 atom stereocenters. The van der Waals surface area contributed by atoms with Gasteiger partial charge in [0.15, 0.2) is 9.84 Å². The fourth-order valence-corrected chi connectivity index (χ4v) is 2.68. The van der Waals surface area contributed by atoms with Gasteiger partial charge in [-0.2, -0.15) is 0 Å². The number of rotatable bonds is 5. The molecule has 21 heavy (non-hydrogen) atoms. The van der Waals surface area contributed by atoms with Gasteiger partial charge in [-0.25, -0.2) is 12.8 Å². The molecule has 0 amide bonds. The van der Waals surface area contributed by atoms with E-state index in [0.29, 0.717) is 6.54 Å². The zero-order chi connectivity index (χ0) is 15.5. The molecule has 0 spiro atoms. The summed E-state index contributed by atoms with van der Waals surface area (Å²) in [5.74, 6) is -0.268. The standard InChI is InChI=1S/C16H18FNO2S/c1-12(13-6-4-3-5-7-13)11-18-16-10-14(21(2,19)20)8-9-15(16)17/h3-10,12,18H,11H2,1-2H3. The largest absolute Gasteiger partial charge is 0.382 e. The van der Waals surface area contributed by atoms with Gasteiger partial charge in [0.1, 0.15) is 5.82 Å². The van der Waals surface area contributed by atoms with Crippen LogP contribution in [0.25, 0.3) is 0 Å². The van der Waals surface area contributed by atoms with Crippen LogP contribution in [0, 0.1) is 5.82 Å². The molecule has 0 aliphatic carbocycles. The van der Waals surface area contributed by atoms with Gasteiger partial charge in [0.25, 0.3) is 0 Å². The van der Waals surface area contributed by atoms with E-state index in [-0.39, 0.29) is 16.5 Å². The summed E-state index contributed by atoms with van der Waals surface area (Å²) in [6.07, 6.45) is 1.11. The summed E-state index contributed by atoms with van der Waals surface area (Å²) < 4.78 is 36.8. The molecule has 0 heterocycles. The van der Waals surface area contributed by atoms with E-state index in [2.05, 4.69) is 5.32 Å². The normalized spacial score (nSPS) is 12.9. The van der Waals surface area contributed by atoms with E-state index in [0.717, 1.165) is 11.8 Å². The number of nitrogens with one attached hydrogen (secondary N) is 1. The fourth-order valence-electron chi connectivity index (χ4n) is 2.03. The number of anilines is 1. The van der Waals surface area contributed by atoms with Crippen molar-refractivity contribution in [2.75, 3.05) is 18.1 Å². The Morgan fingerprint density at radius 2 is 1.81 bits per heavy atom. The van der Waals surface area contributed by atoms with Gasteiger partial charge in [-0.3, -0.25) is 0 Å². The summed E-state index contributed by atoms with van der Waals surface area (Å²) in [6.45, 7) is 2.55. The van der Waals surface area contributed by atoms with Crippen LogP contribution in [0.4, 0.5) is 10.1 Å². The minimum Gasteiger partial charge on any atom is -0.382 e. The van der Waals surface area contributed by atoms with Crippen molar-refractivity contribution in [2.24, 2.45) is 0 Å². The molecule has 0 saturated heterocycles. The van der Waals surface area contributed by atoms with Crippen LogP contribution in [0.5, 0.6) is 0 Å². The predicted octanol–water partition coefficient (Wildman–Crippen LogP) is 3.44. The third-order valence-electron chi connectivity index (χ3n) is 3.33. The Kier molecular flexibility index (Phi) is 4.63. The van der Waals surface area contributed by atoms with Gasteiger partial charge in [0.2, 0.25) is 0 Å². The highest BCUT2D eigenvalue weighted by Crippen LogP contribution is 2.21. The summed E-state index contributed by atoms with van der Waals surface area (Å²) in [5, 5.41) is 2.98.